The Morgan fingerprint density at radius 2 is 0.991 bits per heavy atom. The fourth-order valence-corrected chi connectivity index (χ4v) is 13.1. The molecule has 0 saturated carbocycles. The van der Waals surface area contributed by atoms with Gasteiger partial charge in [-0.3, -0.25) is 87.2 Å². The summed E-state index contributed by atoms with van der Waals surface area (Å²) < 4.78 is 68.0. The van der Waals surface area contributed by atoms with Gasteiger partial charge >= 0.3 is 23.9 Å². The lowest BCUT2D eigenvalue weighted by Gasteiger charge is -2.35. The highest BCUT2D eigenvalue weighted by Crippen LogP contribution is 2.33. The van der Waals surface area contributed by atoms with Crippen LogP contribution in [0.15, 0.2) is 60.9 Å². The number of carboxylic acid groups (broad SMARTS) is 4. The van der Waals surface area contributed by atoms with Gasteiger partial charge in [-0.2, -0.15) is 10.5 Å². The highest BCUT2D eigenvalue weighted by Gasteiger charge is 2.48. The van der Waals surface area contributed by atoms with Crippen LogP contribution < -0.4 is 30.7 Å². The third kappa shape index (κ3) is 24.3. The van der Waals surface area contributed by atoms with E-state index < -0.39 is 153 Å². The Hall–Kier alpha value is -10.5. The van der Waals surface area contributed by atoms with Crippen molar-refractivity contribution in [2.75, 3.05) is 151 Å². The summed E-state index contributed by atoms with van der Waals surface area (Å²) in [4.78, 5) is 162. The van der Waals surface area contributed by atoms with E-state index in [-0.39, 0.29) is 135 Å². The summed E-state index contributed by atoms with van der Waals surface area (Å²) in [5.74, 6) is -14.9. The van der Waals surface area contributed by atoms with Gasteiger partial charge in [0.15, 0.2) is 0 Å². The van der Waals surface area contributed by atoms with E-state index in [4.69, 9.17) is 9.47 Å². The lowest BCUT2D eigenvalue weighted by atomic mass is 10.1. The van der Waals surface area contributed by atoms with Crippen molar-refractivity contribution in [3.8, 4) is 23.6 Å². The van der Waals surface area contributed by atoms with Gasteiger partial charge in [0.1, 0.15) is 29.6 Å². The minimum absolute atomic E-state index is 0.00187. The van der Waals surface area contributed by atoms with Gasteiger partial charge < -0.3 is 65.9 Å². The predicted octanol–water partition coefficient (Wildman–Crippen LogP) is 0.624. The molecule has 0 bridgehead atoms. The molecule has 0 aliphatic carbocycles. The number of nitrogens with one attached hydrogen (secondary N) is 4. The molecule has 2 aromatic carbocycles. The smallest absolute Gasteiger partial charge is 0.320 e. The highest BCUT2D eigenvalue weighted by molar-refractivity contribution is 6.08. The molecule has 4 saturated heterocycles. The zero-order valence-electron chi connectivity index (χ0n) is 58.2. The van der Waals surface area contributed by atoms with Gasteiger partial charge in [0.05, 0.1) is 106 Å². The number of rotatable bonds is 34. The number of carbonyl (C=O) groups excluding carboxylic acids is 7. The summed E-state index contributed by atoms with van der Waals surface area (Å²) in [6, 6.07) is 11.4. The molecule has 4 aromatic rings. The van der Waals surface area contributed by atoms with Crippen LogP contribution >= 0.6 is 0 Å². The largest absolute Gasteiger partial charge is 0.494 e. The first-order valence-electron chi connectivity index (χ1n) is 34.7. The lowest BCUT2D eigenvalue weighted by Crippen LogP contribution is -2.52. The molecule has 2 aromatic heterocycles. The van der Waals surface area contributed by atoms with Crippen LogP contribution in [-0.2, 0) is 43.2 Å². The highest BCUT2D eigenvalue weighted by atomic mass is 19.3. The van der Waals surface area contributed by atoms with Crippen molar-refractivity contribution in [2.45, 2.75) is 93.8 Å². The summed E-state index contributed by atoms with van der Waals surface area (Å²) in [6.45, 7) is -3.42. The molecule has 4 aliphatic heterocycles. The molecule has 8 N–H and O–H groups in total. The van der Waals surface area contributed by atoms with Gasteiger partial charge in [0, 0.05) is 127 Å². The molecule has 106 heavy (non-hydrogen) atoms. The topological polar surface area (TPSA) is 435 Å². The van der Waals surface area contributed by atoms with Gasteiger partial charge in [0.25, 0.3) is 23.7 Å². The van der Waals surface area contributed by atoms with E-state index in [0.29, 0.717) is 65.4 Å². The zero-order chi connectivity index (χ0) is 76.7. The Bertz CT molecular complexity index is 3730. The van der Waals surface area contributed by atoms with E-state index in [2.05, 4.69) is 31.2 Å². The molecule has 572 valence electrons. The fraction of sp³-hybridized carbons (Fsp3) is 0.551. The number of nitriles is 2. The molecule has 0 spiro atoms. The van der Waals surface area contributed by atoms with E-state index in [1.165, 1.54) is 29.4 Å². The van der Waals surface area contributed by atoms with Crippen LogP contribution in [0, 0.1) is 22.7 Å². The number of likely N-dealkylation sites (tertiary alicyclic amines) is 3. The number of aromatic nitrogens is 2. The Morgan fingerprint density at radius 1 is 0.566 bits per heavy atom. The molecule has 37 heteroatoms. The summed E-state index contributed by atoms with van der Waals surface area (Å²) in [7, 11) is 0. The number of alkyl halides is 4. The Morgan fingerprint density at radius 3 is 1.40 bits per heavy atom. The molecular formula is C69H86F4N16O17. The van der Waals surface area contributed by atoms with Crippen LogP contribution in [0.4, 0.5) is 17.6 Å². The van der Waals surface area contributed by atoms with Gasteiger partial charge in [-0.1, -0.05) is 0 Å². The standard InChI is InChI=1S/C69H86F4N16O17/c70-68(71)31-46(33-74)88(43-68)60(93)35-80-65(101)50-11-16-76-54-7-5-48(29-52(50)54)105-27-3-1-14-78-57(90)38-87(39-58(91)79-15-2-4-28-106-49-6-8-55-53(30-49)51(12-17-77-55)66(102)81-36-61(94)89-44-69(72,73)32-47(89)34-75)45-13-18-86(37-45)59(92)10-9-56(67(103)104)85-25-23-83(41-63(97)98)21-19-82(40-62(95)96)20-22-84(24-26-85)42-64(99)100/h5-8,11-12,16-17,29-30,45-47,56H,1-4,9-10,13-15,18-28,31-32,35-44H2,(H,78,90)(H,79,91)(H,80,101)(H,81,102)(H,95,96)(H,97,98)(H,99,100)(H,103,104)/t45-,46-,47-,56?/m0/s1. The van der Waals surface area contributed by atoms with E-state index >= 15 is 0 Å². The number of benzene rings is 2. The SMILES string of the molecule is N#C[C@@H]1CC(F)(F)CN1C(=O)CNC(=O)c1ccnc2ccc(OCCCCNC(=O)CN(CC(=O)NCCCCOc3ccc4nccc(C(=O)NCC(=O)N5CC(F)(F)C[C@H]5C#N)c4c3)[C@H]3CCN(C(=O)CCC(C(=O)O)N4CCN(CC(=O)O)CCN(CC(=O)O)CCN(CC(=O)O)CC4)C3)cc12. The minimum Gasteiger partial charge on any atom is -0.494 e. The van der Waals surface area contributed by atoms with Crippen molar-refractivity contribution in [1.82, 2.24) is 70.4 Å². The molecule has 4 atom stereocenters. The van der Waals surface area contributed by atoms with Gasteiger partial charge in [-0.05, 0) is 87.1 Å². The number of aliphatic carboxylic acids is 4. The zero-order valence-corrected chi connectivity index (χ0v) is 58.2. The summed E-state index contributed by atoms with van der Waals surface area (Å²) >= 11 is 0. The number of hydrogen-bond acceptors (Lipinski definition) is 22. The van der Waals surface area contributed by atoms with Crippen molar-refractivity contribution < 1.29 is 100 Å². The Balaban J connectivity index is 0.854. The van der Waals surface area contributed by atoms with E-state index in [1.807, 2.05) is 0 Å². The Labute approximate surface area is 606 Å². The van der Waals surface area contributed by atoms with Crippen LogP contribution in [-0.4, -0.2) is 321 Å². The summed E-state index contributed by atoms with van der Waals surface area (Å²) in [6.07, 6.45) is 2.76. The van der Waals surface area contributed by atoms with E-state index in [1.54, 1.807) is 73.0 Å². The number of fused-ring (bicyclic) bond motifs is 2. The molecule has 8 rings (SSSR count). The number of carbonyl (C=O) groups is 11. The number of nitrogens with zero attached hydrogens (tertiary/aromatic N) is 12. The first kappa shape index (κ1) is 81.2. The van der Waals surface area contributed by atoms with Crippen molar-refractivity contribution >= 4 is 87.0 Å². The average molecular weight is 1490 g/mol. The molecule has 7 amide bonds. The molecule has 6 heterocycles. The van der Waals surface area contributed by atoms with E-state index in [9.17, 15) is 101 Å². The van der Waals surface area contributed by atoms with Gasteiger partial charge in [-0.25, -0.2) is 17.6 Å². The molecule has 4 fully saturated rings. The van der Waals surface area contributed by atoms with Crippen LogP contribution in [0.2, 0.25) is 0 Å². The van der Waals surface area contributed by atoms with Crippen molar-refractivity contribution in [3.63, 3.8) is 0 Å². The molecule has 33 nitrogen and oxygen atoms in total. The maximum Gasteiger partial charge on any atom is 0.320 e. The summed E-state index contributed by atoms with van der Waals surface area (Å²) in [5.41, 5.74) is 1.07. The van der Waals surface area contributed by atoms with Gasteiger partial charge in [-0.15, -0.1) is 0 Å². The van der Waals surface area contributed by atoms with Crippen molar-refractivity contribution in [1.29, 1.82) is 10.5 Å². The number of hydrogen-bond donors (Lipinski definition) is 8. The number of unbranched alkanes of at least 4 members (excludes halogenated alkanes) is 2. The average Bonchev–Trinajstić information content (AvgIpc) is 1.12. The fourth-order valence-electron chi connectivity index (χ4n) is 13.1. The number of amides is 7. The number of carboxylic acids is 4. The number of ether oxygens (including phenoxy) is 2. The normalized spacial score (nSPS) is 19.1. The maximum absolute atomic E-state index is 14.1. The third-order valence-electron chi connectivity index (χ3n) is 18.5. The predicted molar refractivity (Wildman–Crippen MR) is 366 cm³/mol. The minimum atomic E-state index is -3.23. The third-order valence-corrected chi connectivity index (χ3v) is 18.5. The number of halogens is 4. The van der Waals surface area contributed by atoms with Crippen molar-refractivity contribution in [2.24, 2.45) is 0 Å². The second kappa shape index (κ2) is 38.5. The molecule has 0 radical (unpaired) electrons. The quantitative estimate of drug-likeness (QED) is 0.0235. The van der Waals surface area contributed by atoms with Crippen LogP contribution in [0.25, 0.3) is 21.8 Å². The van der Waals surface area contributed by atoms with E-state index in [0.717, 1.165) is 9.80 Å². The molecule has 1 unspecified atom stereocenters. The second-order valence-corrected chi connectivity index (χ2v) is 26.3. The molecule has 4 aliphatic rings. The first-order chi connectivity index (χ1) is 50.6. The first-order valence-corrected chi connectivity index (χ1v) is 34.7. The second-order valence-electron chi connectivity index (χ2n) is 26.3. The van der Waals surface area contributed by atoms with Gasteiger partial charge in [0.2, 0.25) is 29.5 Å². The molecular weight excluding hydrogens is 1400 g/mol. The van der Waals surface area contributed by atoms with Crippen LogP contribution in [0.3, 0.4) is 0 Å². The Kier molecular flexibility index (Phi) is 29.5. The lowest BCUT2D eigenvalue weighted by molar-refractivity contribution is -0.145. The van der Waals surface area contributed by atoms with Crippen LogP contribution in [0.1, 0.15) is 78.5 Å². The monoisotopic (exact) mass is 1490 g/mol. The summed E-state index contributed by atoms with van der Waals surface area (Å²) in [5, 5.41) is 69.6. The van der Waals surface area contributed by atoms with Crippen LogP contribution in [0.5, 0.6) is 11.5 Å². The van der Waals surface area contributed by atoms with Crippen molar-refractivity contribution in [3.05, 3.63) is 72.1 Å². The maximum atomic E-state index is 14.1. The number of pyridine rings is 2.